The Bertz CT molecular complexity index is 639. The van der Waals surface area contributed by atoms with Crippen LogP contribution in [0, 0.1) is 5.92 Å². The number of ketones is 1. The molecular weight excluding hydrogens is 282 g/mol. The van der Waals surface area contributed by atoms with E-state index in [1.54, 1.807) is 5.57 Å². The number of rotatable bonds is 4. The van der Waals surface area contributed by atoms with Crippen molar-refractivity contribution in [3.63, 3.8) is 0 Å². The summed E-state index contributed by atoms with van der Waals surface area (Å²) in [5, 5.41) is 0. The smallest absolute Gasteiger partial charge is 0.137 e. The molecular formula is C21H27NO. The van der Waals surface area contributed by atoms with Gasteiger partial charge in [0.2, 0.25) is 0 Å². The number of likely N-dealkylation sites (tertiary alicyclic amines) is 1. The molecule has 1 aromatic rings. The molecule has 2 heteroatoms. The molecule has 1 aliphatic heterocycles. The van der Waals surface area contributed by atoms with Gasteiger partial charge in [-0.05, 0) is 42.9 Å². The Balaban J connectivity index is 1.40. The number of Topliss-reactive ketones (excluding diaryl/α,β-unsaturated/α-hetero) is 1. The van der Waals surface area contributed by atoms with Crippen LogP contribution in [0.2, 0.25) is 0 Å². The molecule has 1 aromatic carbocycles. The molecule has 2 nitrogen and oxygen atoms in total. The molecule has 2 aliphatic carbocycles. The Hall–Kier alpha value is -1.41. The number of carbonyl (C=O) groups is 1. The first-order valence-electron chi connectivity index (χ1n) is 9.28. The van der Waals surface area contributed by atoms with Crippen LogP contribution in [0.5, 0.6) is 0 Å². The summed E-state index contributed by atoms with van der Waals surface area (Å²) in [6.07, 6.45) is 6.72. The summed E-state index contributed by atoms with van der Waals surface area (Å²) in [5.41, 5.74) is 6.11. The second-order valence-corrected chi connectivity index (χ2v) is 7.54. The molecule has 1 atom stereocenters. The normalized spacial score (nSPS) is 24.8. The largest absolute Gasteiger partial charge is 0.302 e. The number of hydrogen-bond donors (Lipinski definition) is 0. The number of carbonyl (C=O) groups excluding carboxylic acids is 1. The van der Waals surface area contributed by atoms with E-state index in [2.05, 4.69) is 36.1 Å². The lowest BCUT2D eigenvalue weighted by molar-refractivity contribution is -0.123. The number of allylic oxidation sites excluding steroid dienone is 1. The maximum Gasteiger partial charge on any atom is 0.137 e. The molecule has 2 fully saturated rings. The summed E-state index contributed by atoms with van der Waals surface area (Å²) in [6, 6.07) is 8.88. The molecule has 1 unspecified atom stereocenters. The van der Waals surface area contributed by atoms with Gasteiger partial charge in [-0.25, -0.2) is 0 Å². The molecule has 1 saturated heterocycles. The van der Waals surface area contributed by atoms with Crippen LogP contribution in [-0.2, 0) is 4.79 Å². The Labute approximate surface area is 139 Å². The zero-order valence-electron chi connectivity index (χ0n) is 14.2. The highest BCUT2D eigenvalue weighted by atomic mass is 16.1. The monoisotopic (exact) mass is 309 g/mol. The second-order valence-electron chi connectivity index (χ2n) is 7.54. The molecule has 0 bridgehead atoms. The van der Waals surface area contributed by atoms with Crippen molar-refractivity contribution in [2.75, 3.05) is 19.6 Å². The minimum atomic E-state index is 0.379. The van der Waals surface area contributed by atoms with E-state index in [1.807, 2.05) is 0 Å². The number of benzene rings is 1. The zero-order chi connectivity index (χ0) is 15.8. The topological polar surface area (TPSA) is 20.3 Å². The highest BCUT2D eigenvalue weighted by molar-refractivity contribution is 5.81. The van der Waals surface area contributed by atoms with Crippen LogP contribution in [0.15, 0.2) is 29.8 Å². The van der Waals surface area contributed by atoms with Crippen molar-refractivity contribution in [2.24, 2.45) is 5.92 Å². The molecule has 0 aromatic heterocycles. The van der Waals surface area contributed by atoms with Crippen LogP contribution >= 0.6 is 0 Å². The van der Waals surface area contributed by atoms with Gasteiger partial charge >= 0.3 is 0 Å². The molecule has 1 heterocycles. The lowest BCUT2D eigenvalue weighted by Gasteiger charge is -2.33. The van der Waals surface area contributed by atoms with E-state index in [-0.39, 0.29) is 0 Å². The van der Waals surface area contributed by atoms with Crippen molar-refractivity contribution in [3.05, 3.63) is 41.0 Å². The lowest BCUT2D eigenvalue weighted by Crippen LogP contribution is -2.36. The summed E-state index contributed by atoms with van der Waals surface area (Å²) in [7, 11) is 0. The van der Waals surface area contributed by atoms with Crippen LogP contribution in [0.1, 0.15) is 62.5 Å². The van der Waals surface area contributed by atoms with E-state index in [0.29, 0.717) is 17.6 Å². The van der Waals surface area contributed by atoms with Crippen molar-refractivity contribution < 1.29 is 4.79 Å². The predicted octanol–water partition coefficient (Wildman–Crippen LogP) is 4.41. The first-order chi connectivity index (χ1) is 11.2. The van der Waals surface area contributed by atoms with Gasteiger partial charge in [-0.3, -0.25) is 4.79 Å². The molecule has 3 aliphatic rings. The summed E-state index contributed by atoms with van der Waals surface area (Å²) >= 11 is 0. The summed E-state index contributed by atoms with van der Waals surface area (Å²) < 4.78 is 0. The standard InChI is InChI=1S/C21H27NO/c1-15-17-8-4-5-9-19(17)20-14-22(12-10-18(15)20)13-11-21(23)16-6-2-3-7-16/h4-5,8-9,16,20H,2-3,6-7,10-14H2,1H3. The molecule has 0 N–H and O–H groups in total. The third-order valence-electron chi connectivity index (χ3n) is 6.27. The predicted molar refractivity (Wildman–Crippen MR) is 94.4 cm³/mol. The minimum absolute atomic E-state index is 0.379. The van der Waals surface area contributed by atoms with Crippen molar-refractivity contribution in [2.45, 2.75) is 51.4 Å². The van der Waals surface area contributed by atoms with Gasteiger partial charge in [0.05, 0.1) is 0 Å². The quantitative estimate of drug-likeness (QED) is 0.821. The fourth-order valence-corrected chi connectivity index (χ4v) is 4.89. The summed E-state index contributed by atoms with van der Waals surface area (Å²) in [5.74, 6) is 1.47. The minimum Gasteiger partial charge on any atom is -0.302 e. The van der Waals surface area contributed by atoms with Gasteiger partial charge in [0, 0.05) is 37.9 Å². The van der Waals surface area contributed by atoms with Gasteiger partial charge in [0.25, 0.3) is 0 Å². The highest BCUT2D eigenvalue weighted by Gasteiger charge is 2.33. The third kappa shape index (κ3) is 2.78. The van der Waals surface area contributed by atoms with E-state index < -0.39 is 0 Å². The van der Waals surface area contributed by atoms with Crippen LogP contribution in [0.25, 0.3) is 5.57 Å². The van der Waals surface area contributed by atoms with Crippen molar-refractivity contribution >= 4 is 11.4 Å². The van der Waals surface area contributed by atoms with Crippen LogP contribution in [0.4, 0.5) is 0 Å². The Morgan fingerprint density at radius 2 is 2.00 bits per heavy atom. The van der Waals surface area contributed by atoms with Crippen molar-refractivity contribution in [3.8, 4) is 0 Å². The Morgan fingerprint density at radius 1 is 1.22 bits per heavy atom. The van der Waals surface area contributed by atoms with Crippen LogP contribution < -0.4 is 0 Å². The fourth-order valence-electron chi connectivity index (χ4n) is 4.89. The number of hydrogen-bond acceptors (Lipinski definition) is 2. The maximum atomic E-state index is 12.3. The van der Waals surface area contributed by atoms with E-state index >= 15 is 0 Å². The highest BCUT2D eigenvalue weighted by Crippen LogP contribution is 2.45. The Kier molecular flexibility index (Phi) is 4.11. The van der Waals surface area contributed by atoms with Crippen LogP contribution in [0.3, 0.4) is 0 Å². The van der Waals surface area contributed by atoms with Gasteiger partial charge in [0.1, 0.15) is 5.78 Å². The van der Waals surface area contributed by atoms with Gasteiger partial charge in [-0.15, -0.1) is 0 Å². The third-order valence-corrected chi connectivity index (χ3v) is 6.27. The molecule has 0 radical (unpaired) electrons. The van der Waals surface area contributed by atoms with E-state index in [1.165, 1.54) is 36.0 Å². The number of fused-ring (bicyclic) bond motifs is 3. The van der Waals surface area contributed by atoms with Gasteiger partial charge in [-0.1, -0.05) is 42.7 Å². The average molecular weight is 309 g/mol. The van der Waals surface area contributed by atoms with Crippen LogP contribution in [-0.4, -0.2) is 30.3 Å². The molecule has 122 valence electrons. The van der Waals surface area contributed by atoms with E-state index in [9.17, 15) is 4.79 Å². The molecule has 23 heavy (non-hydrogen) atoms. The number of piperidine rings is 1. The van der Waals surface area contributed by atoms with Crippen molar-refractivity contribution in [1.82, 2.24) is 4.90 Å². The molecule has 0 amide bonds. The van der Waals surface area contributed by atoms with Crippen molar-refractivity contribution in [1.29, 1.82) is 0 Å². The molecule has 4 rings (SSSR count). The Morgan fingerprint density at radius 3 is 2.83 bits per heavy atom. The second kappa shape index (κ2) is 6.24. The summed E-state index contributed by atoms with van der Waals surface area (Å²) in [6.45, 7) is 5.46. The maximum absolute atomic E-state index is 12.3. The van der Waals surface area contributed by atoms with E-state index in [0.717, 1.165) is 38.9 Å². The first kappa shape index (κ1) is 15.1. The number of nitrogens with zero attached hydrogens (tertiary/aromatic N) is 1. The lowest BCUT2D eigenvalue weighted by atomic mass is 9.89. The van der Waals surface area contributed by atoms with Gasteiger partial charge < -0.3 is 4.90 Å². The van der Waals surface area contributed by atoms with Gasteiger partial charge in [-0.2, -0.15) is 0 Å². The SMILES string of the molecule is CC1=C2CCN(CCC(=O)C3CCCC3)CC2c2ccccc21. The molecule has 0 spiro atoms. The zero-order valence-corrected chi connectivity index (χ0v) is 14.2. The van der Waals surface area contributed by atoms with E-state index in [4.69, 9.17) is 0 Å². The van der Waals surface area contributed by atoms with Gasteiger partial charge in [0.15, 0.2) is 0 Å². The fraction of sp³-hybridized carbons (Fsp3) is 0.571. The first-order valence-corrected chi connectivity index (χ1v) is 9.28. The molecule has 1 saturated carbocycles. The average Bonchev–Trinajstić information content (AvgIpc) is 3.21. The summed E-state index contributed by atoms with van der Waals surface area (Å²) in [4.78, 5) is 14.9.